The molecule has 198 valence electrons. The third kappa shape index (κ3) is 5.10. The topological polar surface area (TPSA) is 122 Å². The SMILES string of the molecule is CCOC(=O)C1=C(C)N=c2s/c(=C/c3ccc(OC)c([N+](=O)[O-])c3)c(=O)n2[C@H]1c1ccccc1OC(C)C. The van der Waals surface area contributed by atoms with Gasteiger partial charge in [-0.3, -0.25) is 19.5 Å². The molecular formula is C27H27N3O7S. The Morgan fingerprint density at radius 1 is 1.24 bits per heavy atom. The van der Waals surface area contributed by atoms with E-state index in [1.165, 1.54) is 23.8 Å². The highest BCUT2D eigenvalue weighted by molar-refractivity contribution is 7.07. The molecule has 1 atom stereocenters. The number of nitrogens with zero attached hydrogens (tertiary/aromatic N) is 3. The number of hydrogen-bond acceptors (Lipinski definition) is 9. The lowest BCUT2D eigenvalue weighted by Gasteiger charge is -2.26. The van der Waals surface area contributed by atoms with Crippen LogP contribution in [0.25, 0.3) is 6.08 Å². The van der Waals surface area contributed by atoms with Crippen molar-refractivity contribution >= 4 is 29.1 Å². The second-order valence-electron chi connectivity index (χ2n) is 8.70. The molecule has 2 aromatic carbocycles. The minimum absolute atomic E-state index is 0.116. The number of esters is 1. The number of aromatic nitrogens is 1. The van der Waals surface area contributed by atoms with Gasteiger partial charge in [0.2, 0.25) is 0 Å². The van der Waals surface area contributed by atoms with Crippen molar-refractivity contribution in [2.24, 2.45) is 4.99 Å². The van der Waals surface area contributed by atoms with Crippen molar-refractivity contribution in [3.63, 3.8) is 0 Å². The molecule has 38 heavy (non-hydrogen) atoms. The molecule has 0 saturated heterocycles. The van der Waals surface area contributed by atoms with Crippen molar-refractivity contribution in [2.75, 3.05) is 13.7 Å². The van der Waals surface area contributed by atoms with Gasteiger partial charge in [-0.1, -0.05) is 35.6 Å². The van der Waals surface area contributed by atoms with Crippen LogP contribution in [0.5, 0.6) is 11.5 Å². The highest BCUT2D eigenvalue weighted by Gasteiger charge is 2.35. The first-order valence-electron chi connectivity index (χ1n) is 11.9. The Morgan fingerprint density at radius 2 is 1.97 bits per heavy atom. The van der Waals surface area contributed by atoms with Crippen LogP contribution in [-0.4, -0.2) is 35.3 Å². The Balaban J connectivity index is 1.97. The number of ether oxygens (including phenoxy) is 3. The fourth-order valence-corrected chi connectivity index (χ4v) is 5.29. The average molecular weight is 538 g/mol. The van der Waals surface area contributed by atoms with Gasteiger partial charge >= 0.3 is 11.7 Å². The summed E-state index contributed by atoms with van der Waals surface area (Å²) in [5, 5.41) is 11.5. The van der Waals surface area contributed by atoms with Crippen LogP contribution in [0.4, 0.5) is 5.69 Å². The largest absolute Gasteiger partial charge is 0.491 e. The van der Waals surface area contributed by atoms with E-state index in [1.807, 2.05) is 32.0 Å². The Hall–Kier alpha value is -4.25. The molecular weight excluding hydrogens is 510 g/mol. The highest BCUT2D eigenvalue weighted by Crippen LogP contribution is 2.36. The smallest absolute Gasteiger partial charge is 0.338 e. The Morgan fingerprint density at radius 3 is 2.63 bits per heavy atom. The van der Waals surface area contributed by atoms with Crippen LogP contribution in [-0.2, 0) is 9.53 Å². The molecule has 0 amide bonds. The van der Waals surface area contributed by atoms with Crippen molar-refractivity contribution in [1.82, 2.24) is 4.57 Å². The predicted octanol–water partition coefficient (Wildman–Crippen LogP) is 3.50. The number of allylic oxidation sites excluding steroid dienone is 1. The molecule has 1 aliphatic rings. The maximum absolute atomic E-state index is 13.8. The van der Waals surface area contributed by atoms with Gasteiger partial charge in [-0.15, -0.1) is 0 Å². The lowest BCUT2D eigenvalue weighted by molar-refractivity contribution is -0.385. The molecule has 0 unspecified atom stereocenters. The number of benzene rings is 2. The third-order valence-electron chi connectivity index (χ3n) is 5.79. The number of nitro benzene ring substituents is 1. The molecule has 0 N–H and O–H groups in total. The van der Waals surface area contributed by atoms with Gasteiger partial charge in [-0.25, -0.2) is 9.79 Å². The first-order valence-corrected chi connectivity index (χ1v) is 12.8. The van der Waals surface area contributed by atoms with Crippen LogP contribution >= 0.6 is 11.3 Å². The molecule has 4 rings (SSSR count). The number of fused-ring (bicyclic) bond motifs is 1. The predicted molar refractivity (Wildman–Crippen MR) is 142 cm³/mol. The third-order valence-corrected chi connectivity index (χ3v) is 6.77. The van der Waals surface area contributed by atoms with Crippen LogP contribution in [0.3, 0.4) is 0 Å². The zero-order chi connectivity index (χ0) is 27.6. The van der Waals surface area contributed by atoms with Gasteiger partial charge in [0.05, 0.1) is 40.5 Å². The van der Waals surface area contributed by atoms with Crippen LogP contribution in [0, 0.1) is 10.1 Å². The minimum Gasteiger partial charge on any atom is -0.491 e. The second kappa shape index (κ2) is 11.0. The maximum Gasteiger partial charge on any atom is 0.338 e. The van der Waals surface area contributed by atoms with Crippen LogP contribution < -0.4 is 24.4 Å². The molecule has 1 aromatic heterocycles. The standard InChI is InChI=1S/C27H27N3O7S/c1-6-36-26(32)23-16(4)28-27-29(24(23)18-9-7-8-10-20(18)37-15(2)3)25(31)22(38-27)14-17-11-12-21(35-5)19(13-17)30(33)34/h7-15,24H,6H2,1-5H3/b22-14+/t24-/m0/s1. The molecule has 11 heteroatoms. The van der Waals surface area contributed by atoms with E-state index in [1.54, 1.807) is 32.1 Å². The number of carbonyl (C=O) groups is 1. The Kier molecular flexibility index (Phi) is 7.77. The number of para-hydroxylation sites is 1. The number of hydrogen-bond donors (Lipinski definition) is 0. The zero-order valence-electron chi connectivity index (χ0n) is 21.6. The highest BCUT2D eigenvalue weighted by atomic mass is 32.1. The van der Waals surface area contributed by atoms with Crippen LogP contribution in [0.2, 0.25) is 0 Å². The van der Waals surface area contributed by atoms with Gasteiger partial charge < -0.3 is 14.2 Å². The molecule has 10 nitrogen and oxygen atoms in total. The molecule has 0 aliphatic carbocycles. The number of carbonyl (C=O) groups excluding carboxylic acids is 1. The summed E-state index contributed by atoms with van der Waals surface area (Å²) < 4.78 is 18.2. The number of nitro groups is 1. The number of rotatable bonds is 8. The van der Waals surface area contributed by atoms with Crippen LogP contribution in [0.15, 0.2) is 63.5 Å². The molecule has 2 heterocycles. The van der Waals surface area contributed by atoms with Crippen LogP contribution in [0.1, 0.15) is 44.9 Å². The van der Waals surface area contributed by atoms with E-state index in [9.17, 15) is 19.7 Å². The molecule has 0 fully saturated rings. The van der Waals surface area contributed by atoms with Crippen molar-refractivity contribution in [3.8, 4) is 11.5 Å². The molecule has 3 aromatic rings. The van der Waals surface area contributed by atoms with Gasteiger partial charge in [0, 0.05) is 11.6 Å². The molecule has 0 radical (unpaired) electrons. The van der Waals surface area contributed by atoms with E-state index in [2.05, 4.69) is 4.99 Å². The van der Waals surface area contributed by atoms with E-state index < -0.39 is 22.5 Å². The normalized spacial score (nSPS) is 15.2. The molecule has 1 aliphatic heterocycles. The lowest BCUT2D eigenvalue weighted by Crippen LogP contribution is -2.40. The van der Waals surface area contributed by atoms with Gasteiger partial charge in [0.15, 0.2) is 10.6 Å². The fourth-order valence-electron chi connectivity index (χ4n) is 4.24. The van der Waals surface area contributed by atoms with Crippen molar-refractivity contribution in [2.45, 2.75) is 39.8 Å². The molecule has 0 bridgehead atoms. The Labute approximate surface area is 222 Å². The van der Waals surface area contributed by atoms with E-state index in [-0.39, 0.29) is 29.7 Å². The number of thiazole rings is 1. The van der Waals surface area contributed by atoms with E-state index in [4.69, 9.17) is 14.2 Å². The molecule has 0 spiro atoms. The summed E-state index contributed by atoms with van der Waals surface area (Å²) in [5.74, 6) is 0.0765. The summed E-state index contributed by atoms with van der Waals surface area (Å²) in [6.45, 7) is 7.36. The summed E-state index contributed by atoms with van der Waals surface area (Å²) in [4.78, 5) is 42.8. The monoisotopic (exact) mass is 537 g/mol. The summed E-state index contributed by atoms with van der Waals surface area (Å²) in [7, 11) is 1.35. The van der Waals surface area contributed by atoms with Crippen molar-refractivity contribution in [3.05, 3.63) is 94.7 Å². The fraction of sp³-hybridized carbons (Fsp3) is 0.296. The maximum atomic E-state index is 13.8. The summed E-state index contributed by atoms with van der Waals surface area (Å²) in [6.07, 6.45) is 1.42. The second-order valence-corrected chi connectivity index (χ2v) is 9.70. The summed E-state index contributed by atoms with van der Waals surface area (Å²) >= 11 is 1.13. The van der Waals surface area contributed by atoms with Gasteiger partial charge in [-0.05, 0) is 51.5 Å². The summed E-state index contributed by atoms with van der Waals surface area (Å²) in [5.41, 5.74) is 1.12. The van der Waals surface area contributed by atoms with E-state index in [0.717, 1.165) is 11.3 Å². The van der Waals surface area contributed by atoms with Gasteiger partial charge in [0.25, 0.3) is 5.56 Å². The Bertz CT molecular complexity index is 1620. The lowest BCUT2D eigenvalue weighted by atomic mass is 9.95. The van der Waals surface area contributed by atoms with Crippen molar-refractivity contribution in [1.29, 1.82) is 0 Å². The van der Waals surface area contributed by atoms with Gasteiger partial charge in [-0.2, -0.15) is 0 Å². The van der Waals surface area contributed by atoms with Crippen molar-refractivity contribution < 1.29 is 23.9 Å². The van der Waals surface area contributed by atoms with E-state index in [0.29, 0.717) is 31.9 Å². The quantitative estimate of drug-likeness (QED) is 0.245. The van der Waals surface area contributed by atoms with E-state index >= 15 is 0 Å². The first-order chi connectivity index (χ1) is 18.2. The average Bonchev–Trinajstić information content (AvgIpc) is 3.17. The van der Waals surface area contributed by atoms with Gasteiger partial charge in [0.1, 0.15) is 11.8 Å². The zero-order valence-corrected chi connectivity index (χ0v) is 22.4. The minimum atomic E-state index is -0.840. The molecule has 0 saturated carbocycles. The summed E-state index contributed by atoms with van der Waals surface area (Å²) in [6, 6.07) is 10.8. The first kappa shape index (κ1) is 26.8. The number of methoxy groups -OCH3 is 1.